The van der Waals surface area contributed by atoms with Gasteiger partial charge in [0, 0.05) is 10.7 Å². The van der Waals surface area contributed by atoms with Gasteiger partial charge in [0.2, 0.25) is 5.95 Å². The van der Waals surface area contributed by atoms with Crippen LogP contribution in [0.1, 0.15) is 5.56 Å². The number of benzene rings is 1. The molecule has 1 aromatic carbocycles. The molecule has 7 heteroatoms. The summed E-state index contributed by atoms with van der Waals surface area (Å²) in [7, 11) is 0.968. The van der Waals surface area contributed by atoms with Crippen LogP contribution in [0.25, 0.3) is 0 Å². The molecule has 2 aromatic rings. The zero-order valence-corrected chi connectivity index (χ0v) is 10.1. The molecule has 1 heterocycles. The largest absolute Gasteiger partial charge is 0.267 e. The van der Waals surface area contributed by atoms with Gasteiger partial charge in [-0.05, 0) is 5.56 Å². The van der Waals surface area contributed by atoms with Crippen LogP contribution in [-0.2, 0) is 15.6 Å². The Bertz CT molecular complexity index is 625. The summed E-state index contributed by atoms with van der Waals surface area (Å²) in [6.07, 6.45) is 0.903. The van der Waals surface area contributed by atoms with Crippen LogP contribution < -0.4 is 0 Å². The Kier molecular flexibility index (Phi) is 3.17. The van der Waals surface area contributed by atoms with Crippen molar-refractivity contribution in [3.63, 3.8) is 0 Å². The molecule has 0 atom stereocenters. The molecular formula is C10H8ClFN2O2S. The first-order valence-corrected chi connectivity index (χ1v) is 6.99. The molecule has 0 saturated heterocycles. The Balaban J connectivity index is 2.34. The highest BCUT2D eigenvalue weighted by molar-refractivity contribution is 8.13. The lowest BCUT2D eigenvalue weighted by Gasteiger charge is -2.02. The number of aromatic nitrogens is 2. The van der Waals surface area contributed by atoms with Gasteiger partial charge in [-0.1, -0.05) is 30.3 Å². The van der Waals surface area contributed by atoms with E-state index in [2.05, 4.69) is 5.10 Å². The molecule has 0 aliphatic rings. The summed E-state index contributed by atoms with van der Waals surface area (Å²) >= 11 is 0. The van der Waals surface area contributed by atoms with Crippen molar-refractivity contribution in [2.45, 2.75) is 11.4 Å². The SMILES string of the molecule is O=S(=O)(Cl)c1cnn(Cc2ccccc2)c1F. The minimum absolute atomic E-state index is 0.152. The molecule has 1 aromatic heterocycles. The van der Waals surface area contributed by atoms with Crippen LogP contribution in [0.15, 0.2) is 41.4 Å². The van der Waals surface area contributed by atoms with Crippen LogP contribution in [-0.4, -0.2) is 18.2 Å². The maximum atomic E-state index is 13.7. The first-order valence-electron chi connectivity index (χ1n) is 4.68. The van der Waals surface area contributed by atoms with Gasteiger partial charge in [0.25, 0.3) is 9.05 Å². The molecule has 0 N–H and O–H groups in total. The van der Waals surface area contributed by atoms with Crippen molar-refractivity contribution in [1.82, 2.24) is 9.78 Å². The van der Waals surface area contributed by atoms with Crippen LogP contribution in [0.3, 0.4) is 0 Å². The van der Waals surface area contributed by atoms with Crippen molar-refractivity contribution in [1.29, 1.82) is 0 Å². The van der Waals surface area contributed by atoms with Crippen molar-refractivity contribution >= 4 is 19.7 Å². The first-order chi connectivity index (χ1) is 7.98. The molecule has 0 aliphatic carbocycles. The first kappa shape index (κ1) is 12.1. The Hall–Kier alpha value is -1.40. The lowest BCUT2D eigenvalue weighted by molar-refractivity contribution is 0.463. The Morgan fingerprint density at radius 2 is 1.94 bits per heavy atom. The van der Waals surface area contributed by atoms with Gasteiger partial charge in [-0.3, -0.25) is 0 Å². The Labute approximate surface area is 102 Å². The summed E-state index contributed by atoms with van der Waals surface area (Å²) in [6, 6.07) is 9.01. The highest BCUT2D eigenvalue weighted by Crippen LogP contribution is 2.18. The van der Waals surface area contributed by atoms with E-state index in [0.717, 1.165) is 16.4 Å². The van der Waals surface area contributed by atoms with Gasteiger partial charge in [-0.2, -0.15) is 9.49 Å². The summed E-state index contributed by atoms with van der Waals surface area (Å²) in [5, 5.41) is 3.66. The number of hydrogen-bond donors (Lipinski definition) is 0. The number of rotatable bonds is 3. The molecule has 90 valence electrons. The number of nitrogens with zero attached hydrogens (tertiary/aromatic N) is 2. The summed E-state index contributed by atoms with van der Waals surface area (Å²) in [4.78, 5) is -0.602. The van der Waals surface area contributed by atoms with Crippen molar-refractivity contribution in [2.24, 2.45) is 0 Å². The van der Waals surface area contributed by atoms with Gasteiger partial charge < -0.3 is 0 Å². The van der Waals surface area contributed by atoms with Crippen LogP contribution in [0.5, 0.6) is 0 Å². The van der Waals surface area contributed by atoms with Crippen LogP contribution >= 0.6 is 10.7 Å². The predicted octanol–water partition coefficient (Wildman–Crippen LogP) is 2.00. The fourth-order valence-electron chi connectivity index (χ4n) is 1.38. The van der Waals surface area contributed by atoms with E-state index in [0.29, 0.717) is 0 Å². The van der Waals surface area contributed by atoms with Gasteiger partial charge in [0.05, 0.1) is 12.7 Å². The molecule has 0 amide bonds. The van der Waals surface area contributed by atoms with E-state index in [1.807, 2.05) is 6.07 Å². The highest BCUT2D eigenvalue weighted by atomic mass is 35.7. The van der Waals surface area contributed by atoms with Gasteiger partial charge in [-0.25, -0.2) is 13.1 Å². The quantitative estimate of drug-likeness (QED) is 0.805. The molecule has 0 spiro atoms. The average molecular weight is 275 g/mol. The minimum Gasteiger partial charge on any atom is -0.234 e. The molecule has 17 heavy (non-hydrogen) atoms. The van der Waals surface area contributed by atoms with Crippen molar-refractivity contribution < 1.29 is 12.8 Å². The summed E-state index contributed by atoms with van der Waals surface area (Å²) in [5.41, 5.74) is 0.813. The molecular weight excluding hydrogens is 267 g/mol. The number of halogens is 2. The normalized spacial score (nSPS) is 11.6. The lowest BCUT2D eigenvalue weighted by atomic mass is 10.2. The molecule has 0 saturated carbocycles. The topological polar surface area (TPSA) is 52.0 Å². The number of hydrogen-bond acceptors (Lipinski definition) is 3. The second-order valence-electron chi connectivity index (χ2n) is 3.38. The smallest absolute Gasteiger partial charge is 0.234 e. The molecule has 0 bridgehead atoms. The maximum Gasteiger partial charge on any atom is 0.267 e. The molecule has 2 rings (SSSR count). The van der Waals surface area contributed by atoms with Gasteiger partial charge >= 0.3 is 0 Å². The predicted molar refractivity (Wildman–Crippen MR) is 60.8 cm³/mol. The third-order valence-electron chi connectivity index (χ3n) is 2.18. The second-order valence-corrected chi connectivity index (χ2v) is 5.92. The fraction of sp³-hybridized carbons (Fsp3) is 0.100. The van der Waals surface area contributed by atoms with Gasteiger partial charge in [0.15, 0.2) is 4.90 Å². The van der Waals surface area contributed by atoms with E-state index in [1.54, 1.807) is 24.3 Å². The Morgan fingerprint density at radius 1 is 1.29 bits per heavy atom. The second kappa shape index (κ2) is 4.46. The van der Waals surface area contributed by atoms with E-state index in [-0.39, 0.29) is 6.54 Å². The monoisotopic (exact) mass is 274 g/mol. The third-order valence-corrected chi connectivity index (χ3v) is 3.48. The van der Waals surface area contributed by atoms with Crippen LogP contribution in [0.4, 0.5) is 4.39 Å². The van der Waals surface area contributed by atoms with Gasteiger partial charge in [0.1, 0.15) is 0 Å². The zero-order chi connectivity index (χ0) is 12.5. The van der Waals surface area contributed by atoms with Crippen LogP contribution in [0.2, 0.25) is 0 Å². The standard InChI is InChI=1S/C10H8ClFN2O2S/c11-17(15,16)9-6-13-14(10(9)12)7-8-4-2-1-3-5-8/h1-6H,7H2. The summed E-state index contributed by atoms with van der Waals surface area (Å²) in [6.45, 7) is 0.152. The molecule has 4 nitrogen and oxygen atoms in total. The van der Waals surface area contributed by atoms with Crippen molar-refractivity contribution in [3.8, 4) is 0 Å². The Morgan fingerprint density at radius 3 is 2.47 bits per heavy atom. The van der Waals surface area contributed by atoms with E-state index in [9.17, 15) is 12.8 Å². The van der Waals surface area contributed by atoms with E-state index < -0.39 is 19.9 Å². The van der Waals surface area contributed by atoms with Crippen LogP contribution in [0, 0.1) is 5.95 Å². The van der Waals surface area contributed by atoms with Crippen molar-refractivity contribution in [3.05, 3.63) is 48.0 Å². The highest BCUT2D eigenvalue weighted by Gasteiger charge is 2.21. The molecule has 0 unspecified atom stereocenters. The molecule has 0 radical (unpaired) electrons. The third kappa shape index (κ3) is 2.65. The fourth-order valence-corrected chi connectivity index (χ4v) is 2.17. The summed E-state index contributed by atoms with van der Waals surface area (Å²) in [5.74, 6) is -0.955. The maximum absolute atomic E-state index is 13.7. The molecule has 0 aliphatic heterocycles. The van der Waals surface area contributed by atoms with Crippen molar-refractivity contribution in [2.75, 3.05) is 0 Å². The minimum atomic E-state index is -4.09. The lowest BCUT2D eigenvalue weighted by Crippen LogP contribution is -2.05. The van der Waals surface area contributed by atoms with E-state index >= 15 is 0 Å². The zero-order valence-electron chi connectivity index (χ0n) is 8.55. The van der Waals surface area contributed by atoms with E-state index in [1.165, 1.54) is 0 Å². The van der Waals surface area contributed by atoms with E-state index in [4.69, 9.17) is 10.7 Å². The summed E-state index contributed by atoms with van der Waals surface area (Å²) < 4.78 is 36.6. The molecule has 0 fully saturated rings. The van der Waals surface area contributed by atoms with Gasteiger partial charge in [-0.15, -0.1) is 0 Å². The average Bonchev–Trinajstić information content (AvgIpc) is 2.61.